The molecule has 0 nitrogen and oxygen atoms in total. The molecule has 0 fully saturated rings. The molecule has 6 heavy (non-hydrogen) atoms. The van der Waals surface area contributed by atoms with E-state index in [0.29, 0.717) is 0 Å². The standard InChI is InChI=1S/5S.Sb/q5*-2;+5. The van der Waals surface area contributed by atoms with Gasteiger partial charge in [0, 0.05) is 0 Å². The second-order valence-corrected chi connectivity index (χ2v) is 0. The minimum absolute atomic E-state index is 0. The normalized spacial score (nSPS) is 0. The monoisotopic (exact) mass is 281 g/mol. The summed E-state index contributed by atoms with van der Waals surface area (Å²) >= 11 is 0. The maximum atomic E-state index is 0. The largest absolute Gasteiger partial charge is 5.00 e. The number of hydrogen-bond acceptors (Lipinski definition) is 0. The third-order valence-corrected chi connectivity index (χ3v) is 0. The SMILES string of the molecule is [S-2].[S-2].[S-2].[S-2].[S-2].[Sb+5]. The van der Waals surface area contributed by atoms with Crippen LogP contribution in [0, 0.1) is 0 Å². The van der Waals surface area contributed by atoms with Gasteiger partial charge in [-0.3, -0.25) is 0 Å². The van der Waals surface area contributed by atoms with E-state index in [2.05, 4.69) is 0 Å². The molecule has 0 heterocycles. The molecule has 0 amide bonds. The number of hydrogen-bond donors (Lipinski definition) is 0. The van der Waals surface area contributed by atoms with Gasteiger partial charge in [0.1, 0.15) is 0 Å². The van der Waals surface area contributed by atoms with Crippen molar-refractivity contribution < 1.29 is 0 Å². The van der Waals surface area contributed by atoms with Gasteiger partial charge in [-0.05, 0) is 0 Å². The van der Waals surface area contributed by atoms with Crippen LogP contribution in [-0.2, 0) is 67.5 Å². The molecule has 0 aromatic heterocycles. The van der Waals surface area contributed by atoms with Crippen LogP contribution < -0.4 is 0 Å². The van der Waals surface area contributed by atoms with Crippen molar-refractivity contribution in [2.24, 2.45) is 0 Å². The van der Waals surface area contributed by atoms with E-state index in [-0.39, 0.29) is 91.9 Å². The Bertz CT molecular complexity index is 3.90. The summed E-state index contributed by atoms with van der Waals surface area (Å²) in [5, 5.41) is 0. The first kappa shape index (κ1) is 74.4. The third kappa shape index (κ3) is 30.9. The van der Waals surface area contributed by atoms with E-state index in [9.17, 15) is 0 Å². The van der Waals surface area contributed by atoms with E-state index in [1.54, 1.807) is 0 Å². The molecule has 6 heteroatoms. The van der Waals surface area contributed by atoms with Crippen molar-refractivity contribution in [3.63, 3.8) is 0 Å². The van der Waals surface area contributed by atoms with Gasteiger partial charge in [-0.1, -0.05) is 0 Å². The Morgan fingerprint density at radius 2 is 0.333 bits per heavy atom. The fourth-order valence-corrected chi connectivity index (χ4v) is 0. The van der Waals surface area contributed by atoms with Crippen LogP contribution in [0.5, 0.6) is 0 Å². The summed E-state index contributed by atoms with van der Waals surface area (Å²) < 4.78 is 0. The van der Waals surface area contributed by atoms with E-state index in [1.807, 2.05) is 0 Å². The van der Waals surface area contributed by atoms with Crippen molar-refractivity contribution >= 4 is 91.9 Å². The zero-order chi connectivity index (χ0) is 0. The molecule has 0 aliphatic rings. The van der Waals surface area contributed by atoms with Crippen LogP contribution >= 0.6 is 0 Å². The van der Waals surface area contributed by atoms with Gasteiger partial charge in [0.2, 0.25) is 0 Å². The topological polar surface area (TPSA) is 0 Å². The van der Waals surface area contributed by atoms with E-state index in [0.717, 1.165) is 0 Å². The Balaban J connectivity index is 0. The van der Waals surface area contributed by atoms with Crippen LogP contribution in [0.2, 0.25) is 0 Å². The molecule has 0 unspecified atom stereocenters. The molecular formula is S5Sb-5. The van der Waals surface area contributed by atoms with Gasteiger partial charge in [-0.15, -0.1) is 0 Å². The predicted octanol–water partition coefficient (Wildman–Crippen LogP) is -0.393. The predicted molar refractivity (Wildman–Crippen MR) is 42.6 cm³/mol. The molecule has 0 spiro atoms. The molecule has 0 radical (unpaired) electrons. The Morgan fingerprint density at radius 1 is 0.333 bits per heavy atom. The van der Waals surface area contributed by atoms with Gasteiger partial charge >= 0.3 is 24.4 Å². The van der Waals surface area contributed by atoms with Crippen LogP contribution in [0.15, 0.2) is 0 Å². The van der Waals surface area contributed by atoms with Gasteiger partial charge < -0.3 is 67.5 Å². The molecule has 0 aliphatic carbocycles. The molecule has 0 saturated carbocycles. The maximum Gasteiger partial charge on any atom is 5.00 e. The van der Waals surface area contributed by atoms with Gasteiger partial charge in [0.25, 0.3) is 0 Å². The van der Waals surface area contributed by atoms with Crippen molar-refractivity contribution in [3.8, 4) is 0 Å². The molecule has 0 aliphatic heterocycles. The van der Waals surface area contributed by atoms with E-state index < -0.39 is 0 Å². The quantitative estimate of drug-likeness (QED) is 0.531. The second kappa shape index (κ2) is 49.5. The summed E-state index contributed by atoms with van der Waals surface area (Å²) in [4.78, 5) is 0. The van der Waals surface area contributed by atoms with Gasteiger partial charge in [-0.2, -0.15) is 0 Å². The summed E-state index contributed by atoms with van der Waals surface area (Å²) in [7, 11) is 0. The molecule has 0 saturated heterocycles. The summed E-state index contributed by atoms with van der Waals surface area (Å²) in [5.74, 6) is 0. The molecular weight excluding hydrogens is 282 g/mol. The van der Waals surface area contributed by atoms with Crippen molar-refractivity contribution in [1.82, 2.24) is 0 Å². The second-order valence-electron chi connectivity index (χ2n) is 0. The minimum atomic E-state index is 0. The Labute approximate surface area is 90.9 Å². The van der Waals surface area contributed by atoms with Crippen molar-refractivity contribution in [2.75, 3.05) is 0 Å². The first-order chi connectivity index (χ1) is 0. The summed E-state index contributed by atoms with van der Waals surface area (Å²) in [6.07, 6.45) is 0. The summed E-state index contributed by atoms with van der Waals surface area (Å²) in [6.45, 7) is 0. The number of rotatable bonds is 0. The molecule has 0 atom stereocenters. The molecule has 0 aromatic rings. The summed E-state index contributed by atoms with van der Waals surface area (Å²) in [6, 6.07) is 0. The first-order valence-electron chi connectivity index (χ1n) is 0. The molecule has 0 bridgehead atoms. The van der Waals surface area contributed by atoms with Crippen molar-refractivity contribution in [1.29, 1.82) is 0 Å². The van der Waals surface area contributed by atoms with Crippen LogP contribution in [0.4, 0.5) is 0 Å². The zero-order valence-corrected chi connectivity index (χ0v) is 9.12. The molecule has 0 rings (SSSR count). The maximum absolute atomic E-state index is 0. The minimum Gasteiger partial charge on any atom is -2.00 e. The summed E-state index contributed by atoms with van der Waals surface area (Å²) in [5.41, 5.74) is 0. The van der Waals surface area contributed by atoms with Crippen molar-refractivity contribution in [2.45, 2.75) is 0 Å². The van der Waals surface area contributed by atoms with E-state index in [1.165, 1.54) is 0 Å². The van der Waals surface area contributed by atoms with E-state index >= 15 is 0 Å². The van der Waals surface area contributed by atoms with Crippen LogP contribution in [-0.4, -0.2) is 24.4 Å². The van der Waals surface area contributed by atoms with Gasteiger partial charge in [0.05, 0.1) is 0 Å². The molecule has 0 N–H and O–H groups in total. The average molecular weight is 282 g/mol. The van der Waals surface area contributed by atoms with Crippen LogP contribution in [0.3, 0.4) is 0 Å². The fraction of sp³-hybridized carbons (Fsp3) is 0. The van der Waals surface area contributed by atoms with E-state index in [4.69, 9.17) is 0 Å². The van der Waals surface area contributed by atoms with Gasteiger partial charge in [-0.25, -0.2) is 0 Å². The van der Waals surface area contributed by atoms with Crippen LogP contribution in [0.1, 0.15) is 0 Å². The van der Waals surface area contributed by atoms with Crippen molar-refractivity contribution in [3.05, 3.63) is 0 Å². The smallest absolute Gasteiger partial charge is 2.00 e. The molecule has 40 valence electrons. The first-order valence-corrected chi connectivity index (χ1v) is 0. The Hall–Kier alpha value is 2.57. The Morgan fingerprint density at radius 3 is 0.333 bits per heavy atom. The average Bonchev–Trinajstić information content (AvgIpc) is 0. The van der Waals surface area contributed by atoms with Crippen LogP contribution in [0.25, 0.3) is 0 Å². The Kier molecular flexibility index (Phi) is 614. The molecule has 0 aromatic carbocycles. The third-order valence-electron chi connectivity index (χ3n) is 0. The zero-order valence-electron chi connectivity index (χ0n) is 2.49. The van der Waals surface area contributed by atoms with Gasteiger partial charge in [0.15, 0.2) is 0 Å². The fourth-order valence-electron chi connectivity index (χ4n) is 0.